The van der Waals surface area contributed by atoms with Crippen LogP contribution in [0.5, 0.6) is 11.5 Å². The number of benzene rings is 2. The second-order valence-electron chi connectivity index (χ2n) is 6.47. The van der Waals surface area contributed by atoms with Crippen LogP contribution >= 0.6 is 0 Å². The van der Waals surface area contributed by atoms with E-state index in [4.69, 9.17) is 15.2 Å². The second-order valence-corrected chi connectivity index (χ2v) is 6.47. The number of amides is 1. The van der Waals surface area contributed by atoms with Gasteiger partial charge in [0.2, 0.25) is 5.91 Å². The van der Waals surface area contributed by atoms with E-state index in [-0.39, 0.29) is 0 Å². The van der Waals surface area contributed by atoms with Crippen molar-refractivity contribution >= 4 is 5.91 Å². The molecule has 1 N–H and O–H groups in total. The Morgan fingerprint density at radius 3 is 2.38 bits per heavy atom. The lowest BCUT2D eigenvalue weighted by Crippen LogP contribution is -2.25. The van der Waals surface area contributed by atoms with Gasteiger partial charge in [0.05, 0.1) is 7.11 Å². The fraction of sp³-hybridized carbons (Fsp3) is 0.350. The number of rotatable bonds is 8. The third-order valence-corrected chi connectivity index (χ3v) is 4.12. The molecule has 0 saturated carbocycles. The maximum Gasteiger partial charge on any atom is 0.244 e. The Hall–Kier alpha value is -2.49. The Labute approximate surface area is 143 Å². The van der Waals surface area contributed by atoms with Crippen molar-refractivity contribution in [2.75, 3.05) is 7.11 Å². The molecule has 2 aromatic carbocycles. The van der Waals surface area contributed by atoms with Gasteiger partial charge in [-0.2, -0.15) is 0 Å². The Balaban J connectivity index is 2.03. The van der Waals surface area contributed by atoms with Crippen LogP contribution in [-0.2, 0) is 17.8 Å². The van der Waals surface area contributed by atoms with Crippen molar-refractivity contribution in [1.29, 1.82) is 0 Å². The third-order valence-electron chi connectivity index (χ3n) is 4.12. The van der Waals surface area contributed by atoms with Gasteiger partial charge < -0.3 is 9.47 Å². The Kier molecular flexibility index (Phi) is 5.85. The largest absolute Gasteiger partial charge is 0.493 e. The van der Waals surface area contributed by atoms with Crippen LogP contribution in [0, 0.1) is 5.41 Å². The van der Waals surface area contributed by atoms with Gasteiger partial charge in [-0.15, -0.1) is 0 Å². The van der Waals surface area contributed by atoms with Gasteiger partial charge in [-0.3, -0.25) is 10.5 Å². The van der Waals surface area contributed by atoms with Crippen molar-refractivity contribution < 1.29 is 14.3 Å². The van der Waals surface area contributed by atoms with Gasteiger partial charge in [0, 0.05) is 5.41 Å². The molecule has 0 fully saturated rings. The molecule has 24 heavy (non-hydrogen) atoms. The average molecular weight is 326 g/mol. The SMILES string of the molecule is COc1cc(CCC(C)(C)C([NH])=O)ccc1OCc1ccccc1. The molecule has 4 heteroatoms. The minimum atomic E-state index is -0.629. The zero-order valence-corrected chi connectivity index (χ0v) is 14.5. The monoisotopic (exact) mass is 326 g/mol. The molecule has 0 unspecified atom stereocenters. The van der Waals surface area contributed by atoms with Gasteiger partial charge in [0.1, 0.15) is 6.61 Å². The fourth-order valence-electron chi connectivity index (χ4n) is 2.29. The lowest BCUT2D eigenvalue weighted by molar-refractivity contribution is -0.126. The lowest BCUT2D eigenvalue weighted by Gasteiger charge is -2.19. The van der Waals surface area contributed by atoms with Gasteiger partial charge in [-0.05, 0) is 36.1 Å². The third kappa shape index (κ3) is 4.75. The van der Waals surface area contributed by atoms with Crippen LogP contribution in [0.25, 0.3) is 0 Å². The molecule has 0 aliphatic carbocycles. The van der Waals surface area contributed by atoms with Gasteiger partial charge >= 0.3 is 0 Å². The number of aryl methyl sites for hydroxylation is 1. The second kappa shape index (κ2) is 7.86. The highest BCUT2D eigenvalue weighted by molar-refractivity contribution is 5.79. The minimum Gasteiger partial charge on any atom is -0.493 e. The first kappa shape index (κ1) is 17.9. The van der Waals surface area contributed by atoms with Crippen LogP contribution in [0.2, 0.25) is 0 Å². The lowest BCUT2D eigenvalue weighted by atomic mass is 9.85. The van der Waals surface area contributed by atoms with E-state index in [1.54, 1.807) is 21.0 Å². The topological polar surface area (TPSA) is 59.3 Å². The number of nitrogens with one attached hydrogen (secondary N) is 1. The molecule has 0 aromatic heterocycles. The molecule has 0 atom stereocenters. The predicted molar refractivity (Wildman–Crippen MR) is 94.0 cm³/mol. The smallest absolute Gasteiger partial charge is 0.244 e. The number of carbonyl (C=O) groups excluding carboxylic acids is 1. The molecular weight excluding hydrogens is 302 g/mol. The van der Waals surface area contributed by atoms with Crippen molar-refractivity contribution in [1.82, 2.24) is 5.73 Å². The van der Waals surface area contributed by atoms with Crippen molar-refractivity contribution in [3.05, 3.63) is 59.7 Å². The molecule has 0 saturated heterocycles. The molecular formula is C20H24NO3. The molecule has 0 bridgehead atoms. The fourth-order valence-corrected chi connectivity index (χ4v) is 2.29. The maximum absolute atomic E-state index is 11.3. The van der Waals surface area contributed by atoms with Crippen LogP contribution < -0.4 is 15.2 Å². The average Bonchev–Trinajstić information content (AvgIpc) is 2.59. The summed E-state index contributed by atoms with van der Waals surface area (Å²) in [6, 6.07) is 15.8. The zero-order chi connectivity index (χ0) is 17.6. The molecule has 0 aliphatic rings. The highest BCUT2D eigenvalue weighted by Crippen LogP contribution is 2.31. The van der Waals surface area contributed by atoms with Gasteiger partial charge in [0.15, 0.2) is 11.5 Å². The van der Waals surface area contributed by atoms with Gasteiger partial charge in [-0.1, -0.05) is 50.2 Å². The van der Waals surface area contributed by atoms with Crippen LogP contribution in [0.3, 0.4) is 0 Å². The minimum absolute atomic E-state index is 0.483. The van der Waals surface area contributed by atoms with Crippen molar-refractivity contribution in [2.24, 2.45) is 5.41 Å². The van der Waals surface area contributed by atoms with Crippen LogP contribution in [0.1, 0.15) is 31.4 Å². The molecule has 0 aliphatic heterocycles. The van der Waals surface area contributed by atoms with E-state index in [0.717, 1.165) is 11.1 Å². The molecule has 0 spiro atoms. The first-order chi connectivity index (χ1) is 11.4. The van der Waals surface area contributed by atoms with E-state index in [2.05, 4.69) is 0 Å². The van der Waals surface area contributed by atoms with Gasteiger partial charge in [-0.25, -0.2) is 0 Å². The number of hydrogen-bond donors (Lipinski definition) is 0. The summed E-state index contributed by atoms with van der Waals surface area (Å²) in [4.78, 5) is 11.3. The standard InChI is InChI=1S/C20H24NO3/c1-20(2,19(21)22)12-11-15-9-10-17(18(13-15)23-3)24-14-16-7-5-4-6-8-16/h4-10,13,21H,11-12,14H2,1-3H3. The Bertz CT molecular complexity index is 681. The van der Waals surface area contributed by atoms with E-state index in [0.29, 0.717) is 30.9 Å². The van der Waals surface area contributed by atoms with Crippen LogP contribution in [-0.4, -0.2) is 13.0 Å². The van der Waals surface area contributed by atoms with Gasteiger partial charge in [0.25, 0.3) is 0 Å². The number of methoxy groups -OCH3 is 1. The Morgan fingerprint density at radius 1 is 1.04 bits per heavy atom. The normalized spacial score (nSPS) is 11.1. The van der Waals surface area contributed by atoms with E-state index >= 15 is 0 Å². The predicted octanol–water partition coefficient (Wildman–Crippen LogP) is 4.04. The summed E-state index contributed by atoms with van der Waals surface area (Å²) in [6.07, 6.45) is 1.34. The Morgan fingerprint density at radius 2 is 1.75 bits per heavy atom. The first-order valence-electron chi connectivity index (χ1n) is 8.02. The maximum atomic E-state index is 11.3. The molecule has 4 nitrogen and oxygen atoms in total. The van der Waals surface area contributed by atoms with Crippen LogP contribution in [0.15, 0.2) is 48.5 Å². The van der Waals surface area contributed by atoms with E-state index in [1.165, 1.54) is 0 Å². The highest BCUT2D eigenvalue weighted by Gasteiger charge is 2.25. The zero-order valence-electron chi connectivity index (χ0n) is 14.5. The quantitative estimate of drug-likeness (QED) is 0.735. The van der Waals surface area contributed by atoms with Crippen molar-refractivity contribution in [2.45, 2.75) is 33.3 Å². The first-order valence-corrected chi connectivity index (χ1v) is 8.02. The van der Waals surface area contributed by atoms with Crippen molar-refractivity contribution in [3.63, 3.8) is 0 Å². The molecule has 2 rings (SSSR count). The molecule has 1 radical (unpaired) electrons. The molecule has 0 heterocycles. The summed E-state index contributed by atoms with van der Waals surface area (Å²) >= 11 is 0. The number of ether oxygens (including phenoxy) is 2. The van der Waals surface area contributed by atoms with E-state index in [1.807, 2.05) is 48.5 Å². The van der Waals surface area contributed by atoms with E-state index < -0.39 is 11.3 Å². The van der Waals surface area contributed by atoms with Crippen molar-refractivity contribution in [3.8, 4) is 11.5 Å². The summed E-state index contributed by atoms with van der Waals surface area (Å²) in [5.74, 6) is 0.844. The molecule has 127 valence electrons. The molecule has 2 aromatic rings. The summed E-state index contributed by atoms with van der Waals surface area (Å²) in [7, 11) is 1.62. The summed E-state index contributed by atoms with van der Waals surface area (Å²) < 4.78 is 11.3. The molecule has 1 amide bonds. The number of hydrogen-bond acceptors (Lipinski definition) is 3. The number of carbonyl (C=O) groups is 1. The summed E-state index contributed by atoms with van der Waals surface area (Å²) in [5.41, 5.74) is 8.84. The summed E-state index contributed by atoms with van der Waals surface area (Å²) in [5, 5.41) is 0. The van der Waals surface area contributed by atoms with Crippen LogP contribution in [0.4, 0.5) is 0 Å². The highest BCUT2D eigenvalue weighted by atomic mass is 16.5. The summed E-state index contributed by atoms with van der Waals surface area (Å²) in [6.45, 7) is 4.09. The van der Waals surface area contributed by atoms with E-state index in [9.17, 15) is 4.79 Å².